The molecule has 11 heteroatoms. The molecule has 31 heavy (non-hydrogen) atoms. The second kappa shape index (κ2) is 10.00. The predicted octanol–water partition coefficient (Wildman–Crippen LogP) is 3.32. The molecule has 8 nitrogen and oxygen atoms in total. The maximum atomic E-state index is 12.3. The predicted molar refractivity (Wildman–Crippen MR) is 115 cm³/mol. The van der Waals surface area contributed by atoms with E-state index in [1.165, 1.54) is 12.1 Å². The lowest BCUT2D eigenvalue weighted by molar-refractivity contribution is -0.151. The number of hydrogen-bond acceptors (Lipinski definition) is 5. The maximum absolute atomic E-state index is 12.3. The molecule has 1 fully saturated rings. The minimum Gasteiger partial charge on any atom is -0.455 e. The fourth-order valence-electron chi connectivity index (χ4n) is 2.80. The number of esters is 1. The summed E-state index contributed by atoms with van der Waals surface area (Å²) in [6.45, 7) is -0.637. The molecule has 3 amide bonds. The number of amides is 3. The summed E-state index contributed by atoms with van der Waals surface area (Å²) in [6.07, 6.45) is -0.151. The second-order valence-electron chi connectivity index (χ2n) is 6.61. The fraction of sp³-hybridized carbons (Fsp3) is 0.200. The molecule has 2 N–H and O–H groups in total. The summed E-state index contributed by atoms with van der Waals surface area (Å²) in [5.74, 6) is -3.13. The van der Waals surface area contributed by atoms with Gasteiger partial charge in [-0.15, -0.1) is 0 Å². The van der Waals surface area contributed by atoms with Crippen LogP contribution in [0, 0.1) is 5.92 Å². The number of hydrogen-bond donors (Lipinski definition) is 2. The second-order valence-corrected chi connectivity index (χ2v) is 7.83. The zero-order valence-electron chi connectivity index (χ0n) is 15.9. The molecule has 1 saturated heterocycles. The van der Waals surface area contributed by atoms with Crippen molar-refractivity contribution in [3.8, 4) is 0 Å². The summed E-state index contributed by atoms with van der Waals surface area (Å²) in [6, 6.07) is 10.8. The number of nitrogens with one attached hydrogen (secondary N) is 2. The highest BCUT2D eigenvalue weighted by Crippen LogP contribution is 2.29. The Morgan fingerprint density at radius 2 is 1.77 bits per heavy atom. The Balaban J connectivity index is 1.49. The number of nitrogens with zero attached hydrogens (tertiary/aromatic N) is 1. The van der Waals surface area contributed by atoms with Crippen LogP contribution in [-0.4, -0.2) is 41.9 Å². The van der Waals surface area contributed by atoms with Crippen LogP contribution in [0.4, 0.5) is 5.69 Å². The first-order valence-corrected chi connectivity index (χ1v) is 10.2. The van der Waals surface area contributed by atoms with Crippen molar-refractivity contribution in [1.29, 1.82) is 0 Å². The van der Waals surface area contributed by atoms with Crippen LogP contribution in [0.15, 0.2) is 42.5 Å². The van der Waals surface area contributed by atoms with E-state index in [0.29, 0.717) is 10.6 Å². The van der Waals surface area contributed by atoms with Gasteiger partial charge in [0, 0.05) is 17.0 Å². The highest BCUT2D eigenvalue weighted by Gasteiger charge is 2.36. The van der Waals surface area contributed by atoms with Gasteiger partial charge in [-0.1, -0.05) is 40.9 Å². The number of anilines is 1. The Hall–Kier alpha value is -2.81. The van der Waals surface area contributed by atoms with Gasteiger partial charge in [-0.25, -0.2) is 0 Å². The Labute approximate surface area is 192 Å². The monoisotopic (exact) mass is 483 g/mol. The van der Waals surface area contributed by atoms with Crippen molar-refractivity contribution in [2.75, 3.05) is 18.5 Å². The van der Waals surface area contributed by atoms with Crippen molar-refractivity contribution in [3.63, 3.8) is 0 Å². The SMILES string of the molecule is O=C(COC(=O)[C@@H]1CC(=O)N(NC(=O)c2ccc(Cl)cc2)C1)Nc1cccc(Cl)c1Cl. The van der Waals surface area contributed by atoms with Crippen LogP contribution in [0.5, 0.6) is 0 Å². The van der Waals surface area contributed by atoms with Crippen LogP contribution in [0.1, 0.15) is 16.8 Å². The normalized spacial score (nSPS) is 15.5. The van der Waals surface area contributed by atoms with Crippen LogP contribution in [0.3, 0.4) is 0 Å². The van der Waals surface area contributed by atoms with E-state index in [1.54, 1.807) is 30.3 Å². The third-order valence-corrected chi connectivity index (χ3v) is 5.44. The van der Waals surface area contributed by atoms with Gasteiger partial charge in [0.05, 0.1) is 28.2 Å². The van der Waals surface area contributed by atoms with Crippen LogP contribution >= 0.6 is 34.8 Å². The first-order chi connectivity index (χ1) is 14.7. The highest BCUT2D eigenvalue weighted by molar-refractivity contribution is 6.44. The van der Waals surface area contributed by atoms with E-state index in [4.69, 9.17) is 39.5 Å². The van der Waals surface area contributed by atoms with E-state index >= 15 is 0 Å². The molecule has 1 aliphatic rings. The maximum Gasteiger partial charge on any atom is 0.311 e. The molecular formula is C20H16Cl3N3O5. The standard InChI is InChI=1S/C20H16Cl3N3O5/c21-13-6-4-11(5-7-13)19(29)25-26-9-12(8-17(26)28)20(30)31-10-16(27)24-15-3-1-2-14(22)18(15)23/h1-7,12H,8-10H2,(H,24,27)(H,25,29)/t12-/m1/s1. The van der Waals surface area contributed by atoms with Crippen molar-refractivity contribution in [2.45, 2.75) is 6.42 Å². The summed E-state index contributed by atoms with van der Waals surface area (Å²) >= 11 is 17.7. The van der Waals surface area contributed by atoms with E-state index in [9.17, 15) is 19.2 Å². The van der Waals surface area contributed by atoms with Crippen LogP contribution < -0.4 is 10.7 Å². The van der Waals surface area contributed by atoms with Gasteiger partial charge in [0.15, 0.2) is 6.61 Å². The summed E-state index contributed by atoms with van der Waals surface area (Å²) in [5.41, 5.74) is 3.03. The zero-order valence-corrected chi connectivity index (χ0v) is 18.1. The molecule has 2 aromatic carbocycles. The lowest BCUT2D eigenvalue weighted by Crippen LogP contribution is -2.43. The molecule has 0 spiro atoms. The molecule has 1 aliphatic heterocycles. The highest BCUT2D eigenvalue weighted by atomic mass is 35.5. The third-order valence-electron chi connectivity index (χ3n) is 4.37. The van der Waals surface area contributed by atoms with Crippen molar-refractivity contribution >= 4 is 64.2 Å². The Bertz CT molecular complexity index is 1030. The summed E-state index contributed by atoms with van der Waals surface area (Å²) < 4.78 is 5.00. The molecule has 0 radical (unpaired) electrons. The lowest BCUT2D eigenvalue weighted by Gasteiger charge is -2.17. The fourth-order valence-corrected chi connectivity index (χ4v) is 3.28. The Kier molecular flexibility index (Phi) is 7.37. The van der Waals surface area contributed by atoms with E-state index in [2.05, 4.69) is 10.7 Å². The van der Waals surface area contributed by atoms with E-state index in [-0.39, 0.29) is 28.7 Å². The average molecular weight is 485 g/mol. The van der Waals surface area contributed by atoms with Gasteiger partial charge < -0.3 is 10.1 Å². The largest absolute Gasteiger partial charge is 0.455 e. The molecule has 162 valence electrons. The van der Waals surface area contributed by atoms with Gasteiger partial charge in [0.25, 0.3) is 11.8 Å². The van der Waals surface area contributed by atoms with Crippen molar-refractivity contribution < 1.29 is 23.9 Å². The average Bonchev–Trinajstić information content (AvgIpc) is 3.10. The van der Waals surface area contributed by atoms with Crippen LogP contribution in [-0.2, 0) is 19.1 Å². The van der Waals surface area contributed by atoms with Gasteiger partial charge in [0.1, 0.15) is 0 Å². The van der Waals surface area contributed by atoms with Gasteiger partial charge in [-0.2, -0.15) is 0 Å². The molecule has 0 aliphatic carbocycles. The number of rotatable bonds is 6. The molecule has 0 saturated carbocycles. The van der Waals surface area contributed by atoms with Crippen LogP contribution in [0.25, 0.3) is 0 Å². The molecule has 3 rings (SSSR count). The molecule has 0 unspecified atom stereocenters. The van der Waals surface area contributed by atoms with Gasteiger partial charge in [-0.3, -0.25) is 29.6 Å². The zero-order chi connectivity index (χ0) is 22.5. The number of hydrazine groups is 1. The molecule has 2 aromatic rings. The number of carbonyl (C=O) groups is 4. The molecule has 0 bridgehead atoms. The first kappa shape index (κ1) is 22.9. The molecule has 0 aromatic heterocycles. The van der Waals surface area contributed by atoms with Crippen molar-refractivity contribution in [2.24, 2.45) is 5.92 Å². The van der Waals surface area contributed by atoms with E-state index < -0.39 is 36.2 Å². The third kappa shape index (κ3) is 5.88. The minimum absolute atomic E-state index is 0.0707. The number of carbonyl (C=O) groups excluding carboxylic acids is 4. The number of ether oxygens (including phenoxy) is 1. The number of halogens is 3. The summed E-state index contributed by atoms with van der Waals surface area (Å²) in [7, 11) is 0. The van der Waals surface area contributed by atoms with Crippen molar-refractivity contribution in [3.05, 3.63) is 63.1 Å². The quantitative estimate of drug-likeness (QED) is 0.612. The summed E-state index contributed by atoms with van der Waals surface area (Å²) in [4.78, 5) is 48.6. The summed E-state index contributed by atoms with van der Waals surface area (Å²) in [5, 5.41) is 4.44. The molecule has 1 heterocycles. The Morgan fingerprint density at radius 1 is 1.06 bits per heavy atom. The lowest BCUT2D eigenvalue weighted by atomic mass is 10.1. The van der Waals surface area contributed by atoms with Gasteiger partial charge in [-0.05, 0) is 36.4 Å². The van der Waals surface area contributed by atoms with E-state index in [1.807, 2.05) is 0 Å². The molecular weight excluding hydrogens is 469 g/mol. The van der Waals surface area contributed by atoms with Gasteiger partial charge >= 0.3 is 5.97 Å². The Morgan fingerprint density at radius 3 is 2.48 bits per heavy atom. The van der Waals surface area contributed by atoms with E-state index in [0.717, 1.165) is 5.01 Å². The first-order valence-electron chi connectivity index (χ1n) is 9.02. The van der Waals surface area contributed by atoms with Gasteiger partial charge in [0.2, 0.25) is 5.91 Å². The van der Waals surface area contributed by atoms with Crippen molar-refractivity contribution in [1.82, 2.24) is 10.4 Å². The molecule has 1 atom stereocenters. The van der Waals surface area contributed by atoms with Crippen LogP contribution in [0.2, 0.25) is 15.1 Å². The smallest absolute Gasteiger partial charge is 0.311 e. The topological polar surface area (TPSA) is 105 Å². The number of benzene rings is 2. The minimum atomic E-state index is -0.819.